The van der Waals surface area contributed by atoms with E-state index < -0.39 is 41.6 Å². The summed E-state index contributed by atoms with van der Waals surface area (Å²) in [5.41, 5.74) is 3.17. The van der Waals surface area contributed by atoms with Gasteiger partial charge in [0, 0.05) is 88.0 Å². The maximum absolute atomic E-state index is 13.9. The number of ether oxygens (including phenoxy) is 4. The number of rotatable bonds is 15. The van der Waals surface area contributed by atoms with Crippen LogP contribution in [0.3, 0.4) is 0 Å². The number of pyridine rings is 2. The van der Waals surface area contributed by atoms with Gasteiger partial charge in [-0.25, -0.2) is 32.7 Å². The molecule has 4 aromatic heterocycles. The van der Waals surface area contributed by atoms with Crippen LogP contribution in [0.1, 0.15) is 77.9 Å². The molecule has 6 aromatic rings. The highest BCUT2D eigenvalue weighted by Gasteiger charge is 2.41. The Morgan fingerprint density at radius 3 is 1.53 bits per heavy atom. The first-order valence-electron chi connectivity index (χ1n) is 31.6. The van der Waals surface area contributed by atoms with E-state index in [-0.39, 0.29) is 76.8 Å². The van der Waals surface area contributed by atoms with Crippen molar-refractivity contribution in [2.75, 3.05) is 121 Å². The van der Waals surface area contributed by atoms with Crippen LogP contribution in [-0.4, -0.2) is 192 Å². The van der Waals surface area contributed by atoms with Gasteiger partial charge in [-0.3, -0.25) is 9.80 Å². The lowest BCUT2D eigenvalue weighted by molar-refractivity contribution is -0.140. The van der Waals surface area contributed by atoms with E-state index in [0.717, 1.165) is 97.4 Å². The Bertz CT molecular complexity index is 3640. The Morgan fingerprint density at radius 2 is 1.06 bits per heavy atom. The zero-order valence-electron chi connectivity index (χ0n) is 52.8. The lowest BCUT2D eigenvalue weighted by Crippen LogP contribution is -2.57. The highest BCUT2D eigenvalue weighted by Crippen LogP contribution is 2.39. The third-order valence-corrected chi connectivity index (χ3v) is 17.6. The highest BCUT2D eigenvalue weighted by molar-refractivity contribution is 5.70. The SMILES string of the molecule is C.Fc1ncccc1C(F)(F)F.[C-]#[N+]CC1CN(c2nc(OC[C@@H]3CCCN3C)nc3c2CCN(c2ncccc2C(F)(F)F)C3)CCN1C(=O)OCc1ccccc1.[C-]#[N+]C[C@H]1CN(c2nc(OC[C@@H]3CCCN3C)nc3c2CCNC3)CCN1C(=O)OCc1ccccc1. The van der Waals surface area contributed by atoms with Crippen molar-refractivity contribution in [3.63, 3.8) is 0 Å². The van der Waals surface area contributed by atoms with Crippen LogP contribution in [0.5, 0.6) is 12.0 Å². The van der Waals surface area contributed by atoms with Crippen molar-refractivity contribution in [1.82, 2.24) is 54.8 Å². The van der Waals surface area contributed by atoms with Gasteiger partial charge in [0.25, 0.3) is 0 Å². The maximum Gasteiger partial charge on any atom is 0.420 e. The summed E-state index contributed by atoms with van der Waals surface area (Å²) in [6, 6.07) is 23.5. The number of benzene rings is 2. The van der Waals surface area contributed by atoms with Crippen LogP contribution in [-0.2, 0) is 61.0 Å². The number of piperazine rings is 2. The number of hydrogen-bond acceptors (Lipinski definition) is 18. The van der Waals surface area contributed by atoms with Gasteiger partial charge in [0.2, 0.25) is 19.0 Å². The van der Waals surface area contributed by atoms with Crippen molar-refractivity contribution in [3.8, 4) is 12.0 Å². The van der Waals surface area contributed by atoms with Crippen LogP contribution in [0.15, 0.2) is 97.3 Å². The predicted molar refractivity (Wildman–Crippen MR) is 343 cm³/mol. The molecule has 22 nitrogen and oxygen atoms in total. The number of amides is 2. The third kappa shape index (κ3) is 18.2. The minimum Gasteiger partial charge on any atom is -0.462 e. The zero-order valence-corrected chi connectivity index (χ0v) is 52.8. The average molecular weight is 1340 g/mol. The number of anilines is 3. The van der Waals surface area contributed by atoms with Gasteiger partial charge in [0.15, 0.2) is 0 Å². The molecule has 4 atom stereocenters. The predicted octanol–water partition coefficient (Wildman–Crippen LogP) is 9.89. The Labute approximate surface area is 554 Å². The molecular weight excluding hydrogens is 1260 g/mol. The number of likely N-dealkylation sites (tertiary alicyclic amines) is 2. The van der Waals surface area contributed by atoms with E-state index in [2.05, 4.69) is 46.7 Å². The molecule has 1 unspecified atom stereocenters. The topological polar surface area (TPSA) is 192 Å². The van der Waals surface area contributed by atoms with Crippen molar-refractivity contribution >= 4 is 29.6 Å². The Hall–Kier alpha value is -9.19. The number of nitrogens with zero attached hydrogens (tertiary/aromatic N) is 15. The number of carbonyl (C=O) groups is 2. The van der Waals surface area contributed by atoms with E-state index in [1.54, 1.807) is 14.7 Å². The smallest absolute Gasteiger partial charge is 0.420 e. The standard InChI is InChI=1S/C33H37F3N8O3.C27H35N7O3.C6H3F4N.CH4/c1-37-18-25-19-43(16-17-44(25)32(45)47-21-23-8-4-3-5-9-23)29-26-12-15-42(30-27(33(34,35)36)11-6-13-38-30)20-28(26)39-31(40-29)46-22-24-10-7-14-41(24)2;1-28-15-22-17-33(13-14-34(22)27(35)37-18-20-7-4-3-5-8-20)25-23-10-11-29-16-24(23)30-26(31-25)36-19-21-9-6-12-32(21)2;7-5-4(6(8,9)10)2-1-3-11-5;/h3-6,8-9,11,13,24-25H,7,10,12,14-22H2,2H3;3-5,7-8,21-22,29H,6,9-19H2,2H3;1-3H;1H4/t24-,25?;21-,22-;;/m00../s1. The van der Waals surface area contributed by atoms with Crippen LogP contribution >= 0.6 is 0 Å². The van der Waals surface area contributed by atoms with Crippen molar-refractivity contribution < 1.29 is 59.3 Å². The lowest BCUT2D eigenvalue weighted by atomic mass is 10.0. The van der Waals surface area contributed by atoms with Gasteiger partial charge < -0.3 is 58.5 Å². The first kappa shape index (κ1) is 71.1. The van der Waals surface area contributed by atoms with Gasteiger partial charge in [0.05, 0.1) is 23.5 Å². The molecule has 512 valence electrons. The quantitative estimate of drug-likeness (QED) is 0.0580. The molecule has 0 radical (unpaired) electrons. The number of nitrogens with one attached hydrogen (secondary N) is 1. The molecule has 10 heterocycles. The molecule has 0 aliphatic carbocycles. The summed E-state index contributed by atoms with van der Waals surface area (Å²) >= 11 is 0. The molecule has 4 fully saturated rings. The molecule has 12 rings (SSSR count). The van der Waals surface area contributed by atoms with Gasteiger partial charge >= 0.3 is 36.6 Å². The minimum atomic E-state index is -4.65. The second kappa shape index (κ2) is 33.0. The van der Waals surface area contributed by atoms with Gasteiger partial charge in [-0.05, 0) is 108 Å². The summed E-state index contributed by atoms with van der Waals surface area (Å²) in [5.74, 6) is -0.136. The monoisotopic (exact) mass is 1340 g/mol. The largest absolute Gasteiger partial charge is 0.462 e. The number of fused-ring (bicyclic) bond motifs is 2. The summed E-state index contributed by atoms with van der Waals surface area (Å²) in [7, 11) is 4.18. The molecule has 0 bridgehead atoms. The van der Waals surface area contributed by atoms with E-state index in [1.807, 2.05) is 72.6 Å². The molecule has 2 amide bonds. The molecule has 6 aliphatic rings. The van der Waals surface area contributed by atoms with Gasteiger partial charge in [0.1, 0.15) is 61.5 Å². The number of halogens is 7. The molecule has 4 saturated heterocycles. The number of aromatic nitrogens is 6. The molecular formula is C67H79F7N16O6. The highest BCUT2D eigenvalue weighted by atomic mass is 19.4. The lowest BCUT2D eigenvalue weighted by Gasteiger charge is -2.40. The van der Waals surface area contributed by atoms with Gasteiger partial charge in [-0.2, -0.15) is 50.7 Å². The molecule has 2 aromatic carbocycles. The Morgan fingerprint density at radius 1 is 0.573 bits per heavy atom. The Kier molecular flexibility index (Phi) is 24.4. The fourth-order valence-corrected chi connectivity index (χ4v) is 12.4. The summed E-state index contributed by atoms with van der Waals surface area (Å²) in [4.78, 5) is 73.1. The van der Waals surface area contributed by atoms with Crippen LogP contribution in [0.2, 0.25) is 0 Å². The second-order valence-corrected chi connectivity index (χ2v) is 23.8. The minimum absolute atomic E-state index is 0. The van der Waals surface area contributed by atoms with Crippen molar-refractivity contribution in [3.05, 3.63) is 171 Å². The van der Waals surface area contributed by atoms with Crippen LogP contribution in [0.25, 0.3) is 9.69 Å². The van der Waals surface area contributed by atoms with E-state index in [9.17, 15) is 40.3 Å². The fourth-order valence-electron chi connectivity index (χ4n) is 12.4. The molecule has 6 aliphatic heterocycles. The summed E-state index contributed by atoms with van der Waals surface area (Å²) in [6.07, 6.45) is -2.16. The Balaban J connectivity index is 0.000000196. The van der Waals surface area contributed by atoms with Gasteiger partial charge in [-0.1, -0.05) is 68.1 Å². The van der Waals surface area contributed by atoms with E-state index in [4.69, 9.17) is 52.0 Å². The summed E-state index contributed by atoms with van der Waals surface area (Å²) in [5, 5.41) is 3.40. The summed E-state index contributed by atoms with van der Waals surface area (Å²) < 4.78 is 113. The molecule has 0 saturated carbocycles. The second-order valence-electron chi connectivity index (χ2n) is 23.8. The van der Waals surface area contributed by atoms with E-state index >= 15 is 0 Å². The maximum atomic E-state index is 13.9. The first-order valence-corrected chi connectivity index (χ1v) is 31.6. The zero-order chi connectivity index (χ0) is 67.1. The van der Waals surface area contributed by atoms with Gasteiger partial charge in [-0.15, -0.1) is 0 Å². The van der Waals surface area contributed by atoms with Crippen molar-refractivity contribution in [2.24, 2.45) is 0 Å². The first-order chi connectivity index (χ1) is 45.8. The number of carbonyl (C=O) groups excluding carboxylic acids is 2. The van der Waals surface area contributed by atoms with Crippen molar-refractivity contribution in [2.45, 2.75) is 109 Å². The van der Waals surface area contributed by atoms with Crippen LogP contribution < -0.4 is 29.5 Å². The van der Waals surface area contributed by atoms with E-state index in [0.29, 0.717) is 95.1 Å². The molecule has 0 spiro atoms. The number of likely N-dealkylation sites (N-methyl/N-ethyl adjacent to an activating group) is 2. The number of alkyl halides is 6. The molecule has 29 heteroatoms. The fraction of sp³-hybridized carbons (Fsp3) is 0.493. The number of hydrogen-bond donors (Lipinski definition) is 1. The normalized spacial score (nSPS) is 19.6. The average Bonchev–Trinajstić information content (AvgIpc) is 0.908. The van der Waals surface area contributed by atoms with Crippen LogP contribution in [0.4, 0.5) is 57.8 Å². The molecule has 96 heavy (non-hydrogen) atoms. The van der Waals surface area contributed by atoms with Crippen LogP contribution in [0, 0.1) is 19.1 Å². The van der Waals surface area contributed by atoms with E-state index in [1.165, 1.54) is 18.7 Å². The summed E-state index contributed by atoms with van der Waals surface area (Å²) in [6.45, 7) is 23.3. The van der Waals surface area contributed by atoms with Crippen molar-refractivity contribution in [1.29, 1.82) is 0 Å². The molecule has 1 N–H and O–H groups in total. The third-order valence-electron chi connectivity index (χ3n) is 17.6.